The van der Waals surface area contributed by atoms with Gasteiger partial charge in [-0.15, -0.1) is 0 Å². The number of aliphatic carboxylic acids is 1. The molecule has 1 rings (SSSR count). The molecular weight excluding hydrogens is 454 g/mol. The highest BCUT2D eigenvalue weighted by Gasteiger charge is 2.32. The maximum absolute atomic E-state index is 12.6. The van der Waals surface area contributed by atoms with Gasteiger partial charge in [0.1, 0.15) is 12.1 Å². The number of nitrogens with two attached hydrogens (primary N) is 2. The lowest BCUT2D eigenvalue weighted by molar-refractivity contribution is -0.145. The molecule has 0 radical (unpaired) electrons. The number of carbonyl (C=O) groups is 5. The molecule has 182 valence electrons. The van der Waals surface area contributed by atoms with Crippen molar-refractivity contribution >= 4 is 42.2 Å². The Morgan fingerprint density at radius 2 is 1.52 bits per heavy atom. The Balaban J connectivity index is 2.84. The monoisotopic (exact) mass is 483 g/mol. The third-order valence-corrected chi connectivity index (χ3v) is 4.90. The number of amides is 4. The standard InChI is InChI=1S/C20H29N5O7S/c1-10(26)16(20(31)32)25-18(29)13(8-15(22)27)23-19(30)14(9-33)24-17(28)12(21)7-11-5-3-2-4-6-11/h2-6,10,12-14,16,26,33H,7-9,21H2,1H3,(H2,22,27)(H,23,30)(H,24,28)(H,25,29)(H,31,32). The van der Waals surface area contributed by atoms with E-state index in [1.54, 1.807) is 24.3 Å². The Morgan fingerprint density at radius 1 is 0.970 bits per heavy atom. The molecule has 1 aromatic rings. The third kappa shape index (κ3) is 9.47. The van der Waals surface area contributed by atoms with Crippen LogP contribution in [0.4, 0.5) is 0 Å². The highest BCUT2D eigenvalue weighted by atomic mass is 32.1. The summed E-state index contributed by atoms with van der Waals surface area (Å²) < 4.78 is 0. The number of rotatable bonds is 13. The van der Waals surface area contributed by atoms with Crippen molar-refractivity contribution in [1.82, 2.24) is 16.0 Å². The van der Waals surface area contributed by atoms with Gasteiger partial charge in [0.05, 0.1) is 18.6 Å². The quantitative estimate of drug-likeness (QED) is 0.138. The van der Waals surface area contributed by atoms with Gasteiger partial charge in [0, 0.05) is 5.75 Å². The van der Waals surface area contributed by atoms with Crippen LogP contribution in [0.5, 0.6) is 0 Å². The molecule has 5 unspecified atom stereocenters. The average molecular weight is 484 g/mol. The van der Waals surface area contributed by atoms with Crippen LogP contribution in [0.25, 0.3) is 0 Å². The van der Waals surface area contributed by atoms with E-state index < -0.39 is 66.3 Å². The number of primary amides is 1. The van der Waals surface area contributed by atoms with Crippen molar-refractivity contribution in [2.45, 2.75) is 50.0 Å². The van der Waals surface area contributed by atoms with Crippen LogP contribution in [0.3, 0.4) is 0 Å². The Hall–Kier alpha value is -3.16. The molecule has 0 fully saturated rings. The van der Waals surface area contributed by atoms with Crippen molar-refractivity contribution in [3.63, 3.8) is 0 Å². The molecule has 5 atom stereocenters. The molecular formula is C20H29N5O7S. The average Bonchev–Trinajstić information content (AvgIpc) is 2.74. The van der Waals surface area contributed by atoms with E-state index in [2.05, 4.69) is 23.3 Å². The Labute approximate surface area is 195 Å². The molecule has 0 aliphatic heterocycles. The number of hydrogen-bond acceptors (Lipinski definition) is 8. The van der Waals surface area contributed by atoms with Crippen molar-refractivity contribution in [2.75, 3.05) is 5.75 Å². The molecule has 9 N–H and O–H groups in total. The minimum Gasteiger partial charge on any atom is -0.480 e. The van der Waals surface area contributed by atoms with Gasteiger partial charge in [-0.05, 0) is 18.9 Å². The first-order valence-electron chi connectivity index (χ1n) is 9.96. The van der Waals surface area contributed by atoms with E-state index in [4.69, 9.17) is 16.6 Å². The van der Waals surface area contributed by atoms with Gasteiger partial charge in [0.2, 0.25) is 23.6 Å². The summed E-state index contributed by atoms with van der Waals surface area (Å²) in [5.41, 5.74) is 11.8. The molecule has 13 heteroatoms. The predicted octanol–water partition coefficient (Wildman–Crippen LogP) is -2.72. The zero-order valence-corrected chi connectivity index (χ0v) is 18.8. The minimum atomic E-state index is -1.68. The lowest BCUT2D eigenvalue weighted by Crippen LogP contribution is -2.59. The van der Waals surface area contributed by atoms with Crippen molar-refractivity contribution in [1.29, 1.82) is 0 Å². The van der Waals surface area contributed by atoms with Gasteiger partial charge in [0.15, 0.2) is 6.04 Å². The molecule has 0 aromatic heterocycles. The summed E-state index contributed by atoms with van der Waals surface area (Å²) in [6, 6.07) is 3.58. The van der Waals surface area contributed by atoms with E-state index in [1.807, 2.05) is 11.4 Å². The first-order valence-corrected chi connectivity index (χ1v) is 10.6. The third-order valence-electron chi connectivity index (χ3n) is 4.54. The zero-order chi connectivity index (χ0) is 25.1. The molecule has 4 amide bonds. The van der Waals surface area contributed by atoms with Crippen molar-refractivity contribution in [2.24, 2.45) is 11.5 Å². The van der Waals surface area contributed by atoms with Crippen LogP contribution in [-0.4, -0.2) is 75.8 Å². The van der Waals surface area contributed by atoms with Gasteiger partial charge in [-0.25, -0.2) is 4.79 Å². The van der Waals surface area contributed by atoms with Crippen LogP contribution in [0, 0.1) is 0 Å². The summed E-state index contributed by atoms with van der Waals surface area (Å²) in [6.07, 6.45) is -1.88. The fourth-order valence-electron chi connectivity index (χ4n) is 2.76. The highest BCUT2D eigenvalue weighted by Crippen LogP contribution is 2.03. The second-order valence-corrected chi connectivity index (χ2v) is 7.70. The molecule has 33 heavy (non-hydrogen) atoms. The maximum Gasteiger partial charge on any atom is 0.328 e. The van der Waals surface area contributed by atoms with Crippen LogP contribution >= 0.6 is 12.6 Å². The topological polar surface area (TPSA) is 214 Å². The summed E-state index contributed by atoms with van der Waals surface area (Å²) in [7, 11) is 0. The van der Waals surface area contributed by atoms with E-state index in [9.17, 15) is 29.1 Å². The lowest BCUT2D eigenvalue weighted by Gasteiger charge is -2.24. The van der Waals surface area contributed by atoms with Gasteiger partial charge >= 0.3 is 5.97 Å². The predicted molar refractivity (Wildman–Crippen MR) is 121 cm³/mol. The Kier molecular flexibility index (Phi) is 11.3. The van der Waals surface area contributed by atoms with E-state index in [0.29, 0.717) is 0 Å². The second kappa shape index (κ2) is 13.4. The Morgan fingerprint density at radius 3 is 2.00 bits per heavy atom. The number of carboxylic acids is 1. The molecule has 12 nitrogen and oxygen atoms in total. The summed E-state index contributed by atoms with van der Waals surface area (Å²) in [5, 5.41) is 25.3. The van der Waals surface area contributed by atoms with E-state index in [0.717, 1.165) is 12.5 Å². The Bertz CT molecular complexity index is 852. The molecule has 1 aromatic carbocycles. The van der Waals surface area contributed by atoms with Gasteiger partial charge in [-0.3, -0.25) is 19.2 Å². The number of thiol groups is 1. The molecule has 0 bridgehead atoms. The van der Waals surface area contributed by atoms with Gasteiger partial charge < -0.3 is 37.6 Å². The first-order chi connectivity index (χ1) is 15.5. The number of nitrogens with one attached hydrogen (secondary N) is 3. The van der Waals surface area contributed by atoms with Crippen LogP contribution in [0.2, 0.25) is 0 Å². The second-order valence-electron chi connectivity index (χ2n) is 7.34. The molecule has 0 heterocycles. The number of aliphatic hydroxyl groups is 1. The SMILES string of the molecule is CC(O)C(NC(=O)C(CC(N)=O)NC(=O)C(CS)NC(=O)C(N)Cc1ccccc1)C(=O)O. The number of hydrogen-bond donors (Lipinski definition) is 8. The minimum absolute atomic E-state index is 0.161. The highest BCUT2D eigenvalue weighted by molar-refractivity contribution is 7.80. The van der Waals surface area contributed by atoms with Crippen LogP contribution in [-0.2, 0) is 30.4 Å². The summed E-state index contributed by atoms with van der Waals surface area (Å²) in [6.45, 7) is 1.14. The van der Waals surface area contributed by atoms with Crippen LogP contribution in [0.15, 0.2) is 30.3 Å². The van der Waals surface area contributed by atoms with Crippen molar-refractivity contribution in [3.8, 4) is 0 Å². The smallest absolute Gasteiger partial charge is 0.328 e. The van der Waals surface area contributed by atoms with E-state index >= 15 is 0 Å². The molecule has 0 aliphatic rings. The maximum atomic E-state index is 12.6. The number of carbonyl (C=O) groups excluding carboxylic acids is 4. The van der Waals surface area contributed by atoms with E-state index in [-0.39, 0.29) is 12.2 Å². The number of aliphatic hydroxyl groups excluding tert-OH is 1. The normalized spacial score (nSPS) is 15.3. The number of benzene rings is 1. The fourth-order valence-corrected chi connectivity index (χ4v) is 3.02. The first kappa shape index (κ1) is 27.9. The molecule has 0 aliphatic carbocycles. The number of carboxylic acid groups (broad SMARTS) is 1. The van der Waals surface area contributed by atoms with Crippen molar-refractivity contribution < 1.29 is 34.2 Å². The van der Waals surface area contributed by atoms with Gasteiger partial charge in [0.25, 0.3) is 0 Å². The lowest BCUT2D eigenvalue weighted by atomic mass is 10.1. The molecule has 0 saturated heterocycles. The van der Waals surface area contributed by atoms with Crippen LogP contribution < -0.4 is 27.4 Å². The van der Waals surface area contributed by atoms with Crippen molar-refractivity contribution in [3.05, 3.63) is 35.9 Å². The summed E-state index contributed by atoms with van der Waals surface area (Å²) in [5.74, 6) is -5.18. The van der Waals surface area contributed by atoms with E-state index in [1.165, 1.54) is 0 Å². The molecule has 0 saturated carbocycles. The summed E-state index contributed by atoms with van der Waals surface area (Å²) >= 11 is 4.03. The summed E-state index contributed by atoms with van der Waals surface area (Å²) in [4.78, 5) is 60.0. The van der Waals surface area contributed by atoms with Crippen LogP contribution in [0.1, 0.15) is 18.9 Å². The zero-order valence-electron chi connectivity index (χ0n) is 17.9. The fraction of sp³-hybridized carbons (Fsp3) is 0.450. The van der Waals surface area contributed by atoms with Gasteiger partial charge in [-0.1, -0.05) is 30.3 Å². The molecule has 0 spiro atoms. The largest absolute Gasteiger partial charge is 0.480 e. The van der Waals surface area contributed by atoms with Gasteiger partial charge in [-0.2, -0.15) is 12.6 Å².